The second kappa shape index (κ2) is 19.2. The Morgan fingerprint density at radius 3 is 1.95 bits per heavy atom. The van der Waals surface area contributed by atoms with Gasteiger partial charge < -0.3 is 14.4 Å². The number of benzene rings is 5. The molecule has 1 N–H and O–H groups in total. The molecule has 312 valence electrons. The number of hydrogen-bond acceptors (Lipinski definition) is 7. The molecule has 2 atom stereocenters. The van der Waals surface area contributed by atoms with Crippen LogP contribution in [0.3, 0.4) is 0 Å². The van der Waals surface area contributed by atoms with Crippen molar-refractivity contribution in [1.29, 1.82) is 0 Å². The number of esters is 1. The zero-order chi connectivity index (χ0) is 42.2. The van der Waals surface area contributed by atoms with Crippen LogP contribution >= 0.6 is 11.6 Å². The summed E-state index contributed by atoms with van der Waals surface area (Å²) in [6.07, 6.45) is 7.59. The number of halogens is 1. The second-order valence-corrected chi connectivity index (χ2v) is 16.5. The molecule has 1 fully saturated rings. The molecule has 9 nitrogen and oxygen atoms in total. The van der Waals surface area contributed by atoms with Crippen LogP contribution in [0.4, 0.5) is 0 Å². The van der Waals surface area contributed by atoms with Crippen LogP contribution in [-0.2, 0) is 28.0 Å². The van der Waals surface area contributed by atoms with Gasteiger partial charge in [0.2, 0.25) is 0 Å². The van der Waals surface area contributed by atoms with Crippen LogP contribution in [0, 0.1) is 11.8 Å². The number of aryl methyl sites for hydroxylation is 1. The summed E-state index contributed by atoms with van der Waals surface area (Å²) < 4.78 is 9.25. The van der Waals surface area contributed by atoms with Gasteiger partial charge in [-0.1, -0.05) is 197 Å². The van der Waals surface area contributed by atoms with Crippen molar-refractivity contribution < 1.29 is 14.6 Å². The number of hydrogen-bond donors (Lipinski definition) is 1. The van der Waals surface area contributed by atoms with Gasteiger partial charge in [0.25, 0.3) is 0 Å². The number of aliphatic hydroxyl groups is 1. The first-order valence-electron chi connectivity index (χ1n) is 21.6. The molecule has 10 heteroatoms. The van der Waals surface area contributed by atoms with E-state index >= 15 is 0 Å². The topological polar surface area (TPSA) is 108 Å². The molecule has 5 aromatic carbocycles. The molecule has 2 aromatic heterocycles. The minimum atomic E-state index is -1.16. The predicted molar refractivity (Wildman–Crippen MR) is 240 cm³/mol. The molecule has 61 heavy (non-hydrogen) atoms. The summed E-state index contributed by atoms with van der Waals surface area (Å²) >= 11 is 6.90. The van der Waals surface area contributed by atoms with Crippen molar-refractivity contribution in [3.63, 3.8) is 0 Å². The van der Waals surface area contributed by atoms with Crippen LogP contribution < -0.4 is 0 Å². The fourth-order valence-electron chi connectivity index (χ4n) is 9.33. The number of aromatic nitrogens is 6. The van der Waals surface area contributed by atoms with E-state index in [1.165, 1.54) is 13.5 Å². The zero-order valence-corrected chi connectivity index (χ0v) is 35.7. The first kappa shape index (κ1) is 41.8. The van der Waals surface area contributed by atoms with Gasteiger partial charge in [-0.2, -0.15) is 0 Å². The lowest BCUT2D eigenvalue weighted by Crippen LogP contribution is -2.39. The molecule has 7 aromatic rings. The molecule has 0 aliphatic heterocycles. The van der Waals surface area contributed by atoms with Crippen molar-refractivity contribution in [3.05, 3.63) is 178 Å². The van der Waals surface area contributed by atoms with Crippen molar-refractivity contribution in [2.45, 2.75) is 82.9 Å². The molecular formula is C51H53ClN6O3. The summed E-state index contributed by atoms with van der Waals surface area (Å²) in [7, 11) is 1.39. The first-order chi connectivity index (χ1) is 29.9. The maximum atomic E-state index is 13.3. The maximum absolute atomic E-state index is 13.3. The Morgan fingerprint density at radius 1 is 0.803 bits per heavy atom. The predicted octanol–water partition coefficient (Wildman–Crippen LogP) is 10.9. The minimum Gasteiger partial charge on any atom is -0.469 e. The lowest BCUT2D eigenvalue weighted by atomic mass is 9.77. The van der Waals surface area contributed by atoms with Gasteiger partial charge in [-0.3, -0.25) is 4.79 Å². The Bertz CT molecular complexity index is 2400. The third-order valence-electron chi connectivity index (χ3n) is 12.4. The number of nitrogens with zero attached hydrogens (tertiary/aromatic N) is 6. The molecule has 2 heterocycles. The summed E-state index contributed by atoms with van der Waals surface area (Å²) in [5.74, 6) is 0.618. The third-order valence-corrected chi connectivity index (χ3v) is 12.7. The summed E-state index contributed by atoms with van der Waals surface area (Å²) in [4.78, 5) is 18.0. The molecule has 1 aliphatic rings. The van der Waals surface area contributed by atoms with Crippen LogP contribution in [-0.4, -0.2) is 47.9 Å². The van der Waals surface area contributed by atoms with Gasteiger partial charge in [0.1, 0.15) is 17.5 Å². The molecule has 8 rings (SSSR count). The molecule has 0 radical (unpaired) electrons. The molecule has 1 saturated carbocycles. The van der Waals surface area contributed by atoms with E-state index in [2.05, 4.69) is 121 Å². The van der Waals surface area contributed by atoms with Gasteiger partial charge in [-0.05, 0) is 62.6 Å². The van der Waals surface area contributed by atoms with E-state index in [4.69, 9.17) is 31.6 Å². The average Bonchev–Trinajstić information content (AvgIpc) is 3.93. The minimum absolute atomic E-state index is 0.233. The van der Waals surface area contributed by atoms with Crippen LogP contribution in [0.2, 0.25) is 5.15 Å². The van der Waals surface area contributed by atoms with Gasteiger partial charge in [0.05, 0.1) is 18.7 Å². The third kappa shape index (κ3) is 8.54. The van der Waals surface area contributed by atoms with Crippen molar-refractivity contribution in [3.8, 4) is 22.5 Å². The van der Waals surface area contributed by atoms with E-state index in [0.717, 1.165) is 83.3 Å². The van der Waals surface area contributed by atoms with E-state index in [-0.39, 0.29) is 5.15 Å². The number of imidazole rings is 1. The van der Waals surface area contributed by atoms with Crippen molar-refractivity contribution in [1.82, 2.24) is 29.8 Å². The smallest absolute Gasteiger partial charge is 0.311 e. The SMILES string of the molecule is CCCCc1nc(Cl)c(C(O)C(CC2CCCCC2)C(=O)OC)n1Cc1ccc(-c2ccccc2-c2nnnn2C(c2ccccc2)(c2ccccc2)c2ccccc2)cc1. The zero-order valence-electron chi connectivity index (χ0n) is 34.9. The summed E-state index contributed by atoms with van der Waals surface area (Å²) in [6, 6.07) is 47.9. The van der Waals surface area contributed by atoms with Crippen LogP contribution in [0.25, 0.3) is 22.5 Å². The van der Waals surface area contributed by atoms with Crippen LogP contribution in [0.15, 0.2) is 140 Å². The van der Waals surface area contributed by atoms with E-state index in [1.807, 2.05) is 39.6 Å². The van der Waals surface area contributed by atoms with Gasteiger partial charge in [0.15, 0.2) is 11.0 Å². The average molecular weight is 833 g/mol. The standard InChI is InChI=1S/C51H53ClN6O3/c1-3-4-29-45-53-48(52)46(47(59)44(50(60)61-2)34-36-19-9-5-10-20-36)57(45)35-37-30-32-38(33-31-37)42-27-17-18-28-43(42)49-54-55-56-58(49)51(39-21-11-6-12-22-39,40-23-13-7-14-24-40)41-25-15-8-16-26-41/h6-8,11-18,21-28,30-33,36,44,47,59H,3-5,9-10,19-20,29,34-35H2,1-2H3. The fourth-order valence-corrected chi connectivity index (χ4v) is 9.64. The van der Waals surface area contributed by atoms with Crippen molar-refractivity contribution in [2.75, 3.05) is 7.11 Å². The molecule has 2 unspecified atom stereocenters. The fraction of sp³-hybridized carbons (Fsp3) is 0.314. The Labute approximate surface area is 363 Å². The summed E-state index contributed by atoms with van der Waals surface area (Å²) in [5, 5.41) is 26.2. The lowest BCUT2D eigenvalue weighted by Gasteiger charge is -2.36. The van der Waals surface area contributed by atoms with E-state index < -0.39 is 23.5 Å². The highest BCUT2D eigenvalue weighted by molar-refractivity contribution is 6.30. The van der Waals surface area contributed by atoms with E-state index in [9.17, 15) is 9.90 Å². The Hall–Kier alpha value is -5.90. The molecular weight excluding hydrogens is 780 g/mol. The van der Waals surface area contributed by atoms with Crippen molar-refractivity contribution in [2.24, 2.45) is 11.8 Å². The Morgan fingerprint density at radius 2 is 1.38 bits per heavy atom. The molecule has 0 saturated heterocycles. The van der Waals surface area contributed by atoms with E-state index in [0.29, 0.717) is 36.8 Å². The highest BCUT2D eigenvalue weighted by atomic mass is 35.5. The van der Waals surface area contributed by atoms with Crippen molar-refractivity contribution >= 4 is 17.6 Å². The molecule has 0 amide bonds. The quantitative estimate of drug-likeness (QED) is 0.0763. The lowest BCUT2D eigenvalue weighted by molar-refractivity contribution is -0.151. The van der Waals surface area contributed by atoms with Gasteiger partial charge >= 0.3 is 5.97 Å². The Kier molecular flexibility index (Phi) is 13.2. The highest BCUT2D eigenvalue weighted by Gasteiger charge is 2.42. The Balaban J connectivity index is 1.17. The normalized spacial score (nSPS) is 14.4. The number of aliphatic hydroxyl groups excluding tert-OH is 1. The highest BCUT2D eigenvalue weighted by Crippen LogP contribution is 2.44. The summed E-state index contributed by atoms with van der Waals surface area (Å²) in [5.41, 5.74) is 6.50. The van der Waals surface area contributed by atoms with Gasteiger partial charge in [0, 0.05) is 18.5 Å². The van der Waals surface area contributed by atoms with Crippen LogP contribution in [0.5, 0.6) is 0 Å². The molecule has 0 bridgehead atoms. The number of methoxy groups -OCH3 is 1. The van der Waals surface area contributed by atoms with Gasteiger partial charge in [-0.25, -0.2) is 9.67 Å². The van der Waals surface area contributed by atoms with Crippen LogP contribution in [0.1, 0.15) is 98.2 Å². The number of carbonyl (C=O) groups is 1. The number of unbranched alkanes of at least 4 members (excludes halogenated alkanes) is 1. The maximum Gasteiger partial charge on any atom is 0.311 e. The number of carbonyl (C=O) groups excluding carboxylic acids is 1. The monoisotopic (exact) mass is 832 g/mol. The second-order valence-electron chi connectivity index (χ2n) is 16.2. The largest absolute Gasteiger partial charge is 0.469 e. The molecule has 1 aliphatic carbocycles. The number of tetrazole rings is 1. The first-order valence-corrected chi connectivity index (χ1v) is 22.0. The number of ether oxygens (including phenoxy) is 1. The van der Waals surface area contributed by atoms with Gasteiger partial charge in [-0.15, -0.1) is 5.10 Å². The molecule has 0 spiro atoms. The summed E-state index contributed by atoms with van der Waals surface area (Å²) in [6.45, 7) is 2.57. The number of rotatable bonds is 16. The van der Waals surface area contributed by atoms with E-state index in [1.54, 1.807) is 0 Å².